The van der Waals surface area contributed by atoms with E-state index in [9.17, 15) is 4.79 Å². The van der Waals surface area contributed by atoms with Crippen LogP contribution in [0.2, 0.25) is 0 Å². The molecule has 2 spiro atoms. The molecule has 150 valence electrons. The molecule has 1 aromatic heterocycles. The number of ether oxygens (including phenoxy) is 3. The van der Waals surface area contributed by atoms with E-state index in [2.05, 4.69) is 23.8 Å². The van der Waals surface area contributed by atoms with Gasteiger partial charge in [0.15, 0.2) is 5.78 Å². The van der Waals surface area contributed by atoms with Crippen LogP contribution in [0.5, 0.6) is 5.75 Å². The number of aliphatic imine (C=N–C) groups is 1. The molecule has 2 N–H and O–H groups in total. The number of nitrogens with zero attached hydrogens (tertiary/aromatic N) is 3. The Balaban J connectivity index is 1.59. The molecule has 0 saturated carbocycles. The highest BCUT2D eigenvalue weighted by atomic mass is 16.5. The van der Waals surface area contributed by atoms with Crippen LogP contribution >= 0.6 is 0 Å². The number of Topliss-reactive ketones (excluding diaryl/α,β-unsaturated/α-hetero) is 1. The first-order valence-electron chi connectivity index (χ1n) is 9.54. The predicted molar refractivity (Wildman–Crippen MR) is 104 cm³/mol. The smallest absolute Gasteiger partial charge is 0.283 e. The minimum absolute atomic E-state index is 0.100. The molecule has 1 unspecified atom stereocenters. The first kappa shape index (κ1) is 18.1. The van der Waals surface area contributed by atoms with Crippen LogP contribution in [-0.2, 0) is 21.4 Å². The van der Waals surface area contributed by atoms with Gasteiger partial charge in [-0.2, -0.15) is 0 Å². The molecule has 0 amide bonds. The zero-order valence-corrected chi connectivity index (χ0v) is 16.3. The minimum Gasteiger partial charge on any atom is -0.487 e. The van der Waals surface area contributed by atoms with Gasteiger partial charge in [0.1, 0.15) is 29.2 Å². The minimum atomic E-state index is -0.710. The number of hydrogen-bond donors (Lipinski definition) is 1. The van der Waals surface area contributed by atoms with Crippen molar-refractivity contribution in [3.05, 3.63) is 53.6 Å². The molecular formula is C21H22N4O4. The van der Waals surface area contributed by atoms with Gasteiger partial charge in [0.2, 0.25) is 0 Å². The van der Waals surface area contributed by atoms with Crippen molar-refractivity contribution in [3.8, 4) is 5.75 Å². The Labute approximate surface area is 168 Å². The van der Waals surface area contributed by atoms with Gasteiger partial charge in [-0.25, -0.2) is 9.98 Å². The number of rotatable bonds is 3. The number of fused-ring (bicyclic) bond motifs is 3. The Morgan fingerprint density at radius 2 is 2.03 bits per heavy atom. The molecule has 3 aliphatic rings. The summed E-state index contributed by atoms with van der Waals surface area (Å²) in [5, 5.41) is 0. The quantitative estimate of drug-likeness (QED) is 0.788. The molecule has 1 fully saturated rings. The Morgan fingerprint density at radius 3 is 2.66 bits per heavy atom. The van der Waals surface area contributed by atoms with Crippen molar-refractivity contribution < 1.29 is 19.0 Å². The fourth-order valence-electron chi connectivity index (χ4n) is 4.65. The first-order valence-corrected chi connectivity index (χ1v) is 9.54. The third-order valence-electron chi connectivity index (χ3n) is 6.44. The van der Waals surface area contributed by atoms with Crippen LogP contribution in [0.25, 0.3) is 0 Å². The maximum absolute atomic E-state index is 12.6. The standard InChI is InChI=1S/C21H22N4O4/c1-19(2)20(10-27-11-20)21(12-28-18(22)25-21)14-7-13(3-4-17(14)29-19)8-16(26)15-9-23-5-6-24-15/h3-7,9H,8,10-12H2,1-2H3,(H2,22,25). The van der Waals surface area contributed by atoms with Gasteiger partial charge in [-0.15, -0.1) is 0 Å². The van der Waals surface area contributed by atoms with Crippen LogP contribution in [0.4, 0.5) is 0 Å². The van der Waals surface area contributed by atoms with Crippen molar-refractivity contribution in [1.29, 1.82) is 0 Å². The number of amidine groups is 1. The second-order valence-corrected chi connectivity index (χ2v) is 8.31. The average Bonchev–Trinajstić information content (AvgIpc) is 3.03. The van der Waals surface area contributed by atoms with E-state index in [0.717, 1.165) is 16.9 Å². The zero-order valence-electron chi connectivity index (χ0n) is 16.3. The number of hydrogen-bond acceptors (Lipinski definition) is 8. The molecule has 29 heavy (non-hydrogen) atoms. The fourth-order valence-corrected chi connectivity index (χ4v) is 4.65. The fraction of sp³-hybridized carbons (Fsp3) is 0.429. The van der Waals surface area contributed by atoms with Crippen molar-refractivity contribution in [1.82, 2.24) is 9.97 Å². The molecule has 0 radical (unpaired) electrons. The maximum Gasteiger partial charge on any atom is 0.283 e. The number of ketones is 1. The van der Waals surface area contributed by atoms with E-state index in [-0.39, 0.29) is 18.2 Å². The molecule has 0 bridgehead atoms. The Bertz CT molecular complexity index is 1020. The van der Waals surface area contributed by atoms with Crippen molar-refractivity contribution in [3.63, 3.8) is 0 Å². The molecule has 0 aliphatic carbocycles. The first-order chi connectivity index (χ1) is 13.9. The van der Waals surface area contributed by atoms with E-state index in [0.29, 0.717) is 25.5 Å². The Hall–Kier alpha value is -3.00. The molecule has 1 saturated heterocycles. The van der Waals surface area contributed by atoms with Crippen molar-refractivity contribution in [2.24, 2.45) is 16.1 Å². The molecule has 1 aromatic carbocycles. The van der Waals surface area contributed by atoms with E-state index in [1.165, 1.54) is 12.4 Å². The maximum atomic E-state index is 12.6. The molecule has 5 rings (SSSR count). The molecule has 8 heteroatoms. The Morgan fingerprint density at radius 1 is 1.21 bits per heavy atom. The van der Waals surface area contributed by atoms with Crippen molar-refractivity contribution in [2.45, 2.75) is 31.4 Å². The Kier molecular flexibility index (Phi) is 3.73. The SMILES string of the molecule is CC1(C)Oc2ccc(CC(=O)c3cnccn3)cc2C2(COC(N)=N2)C12COC2. The molecule has 8 nitrogen and oxygen atoms in total. The lowest BCUT2D eigenvalue weighted by molar-refractivity contribution is -0.247. The number of nitrogens with two attached hydrogens (primary N) is 1. The van der Waals surface area contributed by atoms with E-state index >= 15 is 0 Å². The molecule has 4 heterocycles. The van der Waals surface area contributed by atoms with Gasteiger partial charge >= 0.3 is 0 Å². The van der Waals surface area contributed by atoms with E-state index in [1.807, 2.05) is 18.2 Å². The van der Waals surface area contributed by atoms with Crippen LogP contribution in [0, 0.1) is 5.41 Å². The van der Waals surface area contributed by atoms with Crippen LogP contribution in [0.1, 0.15) is 35.5 Å². The van der Waals surface area contributed by atoms with Crippen molar-refractivity contribution in [2.75, 3.05) is 19.8 Å². The lowest BCUT2D eigenvalue weighted by atomic mass is 9.55. The highest BCUT2D eigenvalue weighted by molar-refractivity contribution is 5.95. The lowest BCUT2D eigenvalue weighted by Gasteiger charge is -2.61. The molecular weight excluding hydrogens is 372 g/mol. The lowest BCUT2D eigenvalue weighted by Crippen LogP contribution is -2.71. The number of aromatic nitrogens is 2. The summed E-state index contributed by atoms with van der Waals surface area (Å²) in [4.78, 5) is 25.5. The van der Waals surface area contributed by atoms with Gasteiger partial charge < -0.3 is 19.9 Å². The summed E-state index contributed by atoms with van der Waals surface area (Å²) in [6, 6.07) is 5.94. The van der Waals surface area contributed by atoms with Crippen molar-refractivity contribution >= 4 is 11.8 Å². The number of carbonyl (C=O) groups is 1. The van der Waals surface area contributed by atoms with Crippen LogP contribution in [-0.4, -0.2) is 47.2 Å². The van der Waals surface area contributed by atoms with E-state index in [4.69, 9.17) is 24.9 Å². The van der Waals surface area contributed by atoms with Gasteiger partial charge in [-0.05, 0) is 31.5 Å². The second-order valence-electron chi connectivity index (χ2n) is 8.31. The highest BCUT2D eigenvalue weighted by Crippen LogP contribution is 2.62. The molecule has 1 atom stereocenters. The van der Waals surface area contributed by atoms with E-state index in [1.54, 1.807) is 6.20 Å². The summed E-state index contributed by atoms with van der Waals surface area (Å²) in [5.41, 5.74) is 6.39. The van der Waals surface area contributed by atoms with Gasteiger partial charge in [0.25, 0.3) is 6.02 Å². The zero-order chi connectivity index (χ0) is 20.3. The average molecular weight is 394 g/mol. The molecule has 2 aromatic rings. The second kappa shape index (κ2) is 6.00. The van der Waals surface area contributed by atoms with Gasteiger partial charge in [0, 0.05) is 24.4 Å². The summed E-state index contributed by atoms with van der Waals surface area (Å²) in [7, 11) is 0. The summed E-state index contributed by atoms with van der Waals surface area (Å²) < 4.78 is 17.7. The normalized spacial score (nSPS) is 25.5. The predicted octanol–water partition coefficient (Wildman–Crippen LogP) is 1.63. The summed E-state index contributed by atoms with van der Waals surface area (Å²) in [5.74, 6) is 0.627. The third kappa shape index (κ3) is 2.42. The van der Waals surface area contributed by atoms with Crippen LogP contribution in [0.3, 0.4) is 0 Å². The largest absolute Gasteiger partial charge is 0.487 e. The number of carbonyl (C=O) groups excluding carboxylic acids is 1. The topological polar surface area (TPSA) is 109 Å². The molecule has 3 aliphatic heterocycles. The number of benzene rings is 1. The summed E-state index contributed by atoms with van der Waals surface area (Å²) >= 11 is 0. The highest BCUT2D eigenvalue weighted by Gasteiger charge is 2.71. The van der Waals surface area contributed by atoms with Crippen LogP contribution < -0.4 is 10.5 Å². The summed E-state index contributed by atoms with van der Waals surface area (Å²) in [6.07, 6.45) is 4.74. The summed E-state index contributed by atoms with van der Waals surface area (Å²) in [6.45, 7) is 5.43. The third-order valence-corrected chi connectivity index (χ3v) is 6.44. The van der Waals surface area contributed by atoms with E-state index < -0.39 is 16.6 Å². The van der Waals surface area contributed by atoms with Gasteiger partial charge in [0.05, 0.1) is 24.8 Å². The van der Waals surface area contributed by atoms with Gasteiger partial charge in [-0.3, -0.25) is 9.78 Å². The van der Waals surface area contributed by atoms with Gasteiger partial charge in [-0.1, -0.05) is 6.07 Å². The monoisotopic (exact) mass is 394 g/mol. The van der Waals surface area contributed by atoms with Crippen LogP contribution in [0.15, 0.2) is 41.8 Å².